The van der Waals surface area contributed by atoms with E-state index in [1.54, 1.807) is 12.1 Å². The van der Waals surface area contributed by atoms with Gasteiger partial charge in [0.05, 0.1) is 11.4 Å². The molecule has 32 heavy (non-hydrogen) atoms. The van der Waals surface area contributed by atoms with Crippen molar-refractivity contribution in [2.75, 3.05) is 32.7 Å². The highest BCUT2D eigenvalue weighted by molar-refractivity contribution is 7.89. The van der Waals surface area contributed by atoms with E-state index in [4.69, 9.17) is 0 Å². The van der Waals surface area contributed by atoms with Crippen molar-refractivity contribution >= 4 is 21.8 Å². The summed E-state index contributed by atoms with van der Waals surface area (Å²) >= 11 is 0. The molecule has 0 spiro atoms. The van der Waals surface area contributed by atoms with Crippen LogP contribution in [0.2, 0.25) is 0 Å². The van der Waals surface area contributed by atoms with Gasteiger partial charge < -0.3 is 10.2 Å². The van der Waals surface area contributed by atoms with Gasteiger partial charge in [0.1, 0.15) is 5.82 Å². The largest absolute Gasteiger partial charge is 0.343 e. The summed E-state index contributed by atoms with van der Waals surface area (Å²) in [5.41, 5.74) is 2.48. The second-order valence-electron chi connectivity index (χ2n) is 8.12. The normalized spacial score (nSPS) is 17.0. The third kappa shape index (κ3) is 4.83. The average Bonchev–Trinajstić information content (AvgIpc) is 2.82. The summed E-state index contributed by atoms with van der Waals surface area (Å²) in [4.78, 5) is 26.4. The van der Waals surface area contributed by atoms with Gasteiger partial charge in [-0.25, -0.2) is 12.8 Å². The molecule has 7 nitrogen and oxygen atoms in total. The van der Waals surface area contributed by atoms with Gasteiger partial charge in [-0.3, -0.25) is 9.59 Å². The zero-order valence-corrected chi connectivity index (χ0v) is 18.5. The van der Waals surface area contributed by atoms with Crippen molar-refractivity contribution < 1.29 is 22.4 Å². The van der Waals surface area contributed by atoms with Gasteiger partial charge in [0.25, 0.3) is 5.91 Å². The van der Waals surface area contributed by atoms with E-state index in [-0.39, 0.29) is 44.2 Å². The molecule has 170 valence electrons. The number of amides is 2. The minimum absolute atomic E-state index is 0.138. The molecule has 1 fully saturated rings. The number of halogens is 1. The van der Waals surface area contributed by atoms with Crippen LogP contribution in [0.3, 0.4) is 0 Å². The summed E-state index contributed by atoms with van der Waals surface area (Å²) in [7, 11) is -3.62. The van der Waals surface area contributed by atoms with E-state index in [0.29, 0.717) is 4.90 Å². The molecule has 1 saturated heterocycles. The lowest BCUT2D eigenvalue weighted by molar-refractivity contribution is -0.131. The molecule has 0 unspecified atom stereocenters. The number of rotatable bonds is 5. The number of carbonyl (C=O) groups is 2. The first kappa shape index (κ1) is 22.4. The lowest BCUT2D eigenvalue weighted by atomic mass is 9.92. The van der Waals surface area contributed by atoms with Gasteiger partial charge in [0.2, 0.25) is 15.9 Å². The molecule has 0 radical (unpaired) electrons. The van der Waals surface area contributed by atoms with Crippen molar-refractivity contribution in [3.8, 4) is 0 Å². The van der Waals surface area contributed by atoms with Gasteiger partial charge in [0, 0.05) is 31.7 Å². The van der Waals surface area contributed by atoms with Crippen LogP contribution < -0.4 is 5.32 Å². The van der Waals surface area contributed by atoms with Crippen LogP contribution >= 0.6 is 0 Å². The fraction of sp³-hybridized carbons (Fsp3) is 0.391. The van der Waals surface area contributed by atoms with Crippen molar-refractivity contribution in [1.82, 2.24) is 14.5 Å². The van der Waals surface area contributed by atoms with E-state index in [1.165, 1.54) is 33.0 Å². The molecule has 0 bridgehead atoms. The van der Waals surface area contributed by atoms with E-state index < -0.39 is 21.7 Å². The van der Waals surface area contributed by atoms with Crippen LogP contribution in [0.4, 0.5) is 4.39 Å². The molecule has 0 atom stereocenters. The molecule has 9 heteroatoms. The third-order valence-electron chi connectivity index (χ3n) is 6.04. The van der Waals surface area contributed by atoms with Crippen LogP contribution in [0.1, 0.15) is 34.3 Å². The van der Waals surface area contributed by atoms with Crippen LogP contribution in [0.25, 0.3) is 0 Å². The molecular weight excluding hydrogens is 433 g/mol. The zero-order valence-electron chi connectivity index (χ0n) is 17.7. The Hall–Kier alpha value is -2.78. The Bertz CT molecular complexity index is 1130. The monoisotopic (exact) mass is 459 g/mol. The van der Waals surface area contributed by atoms with Crippen molar-refractivity contribution in [1.29, 1.82) is 0 Å². The summed E-state index contributed by atoms with van der Waals surface area (Å²) in [5, 5.41) is 2.49. The fourth-order valence-electron chi connectivity index (χ4n) is 4.20. The number of benzene rings is 2. The molecular formula is C23H26FN3O4S. The van der Waals surface area contributed by atoms with Gasteiger partial charge in [0.15, 0.2) is 0 Å². The van der Waals surface area contributed by atoms with Gasteiger partial charge >= 0.3 is 0 Å². The molecule has 0 aromatic heterocycles. The van der Waals surface area contributed by atoms with Gasteiger partial charge in [-0.15, -0.1) is 0 Å². The van der Waals surface area contributed by atoms with Crippen LogP contribution in [-0.4, -0.2) is 62.2 Å². The Morgan fingerprint density at radius 3 is 2.38 bits per heavy atom. The number of hydrogen-bond donors (Lipinski definition) is 1. The van der Waals surface area contributed by atoms with Crippen LogP contribution in [0.5, 0.6) is 0 Å². The highest BCUT2D eigenvalue weighted by atomic mass is 32.2. The number of sulfonamides is 1. The number of nitrogens with zero attached hydrogens (tertiary/aromatic N) is 2. The van der Waals surface area contributed by atoms with E-state index >= 15 is 0 Å². The molecule has 1 N–H and O–H groups in total. The maximum Gasteiger partial charge on any atom is 0.251 e. The number of aryl methyl sites for hydroxylation is 2. The van der Waals surface area contributed by atoms with E-state index in [0.717, 1.165) is 37.3 Å². The predicted molar refractivity (Wildman–Crippen MR) is 117 cm³/mol. The number of fused-ring (bicyclic) bond motifs is 1. The smallest absolute Gasteiger partial charge is 0.251 e. The van der Waals surface area contributed by atoms with Crippen molar-refractivity contribution in [3.05, 3.63) is 65.0 Å². The Kier molecular flexibility index (Phi) is 6.57. The molecule has 2 aromatic carbocycles. The van der Waals surface area contributed by atoms with Gasteiger partial charge in [-0.1, -0.05) is 12.1 Å². The first-order valence-corrected chi connectivity index (χ1v) is 12.2. The maximum atomic E-state index is 13.2. The number of hydrogen-bond acceptors (Lipinski definition) is 4. The molecule has 4 rings (SSSR count). The Morgan fingerprint density at radius 1 is 0.938 bits per heavy atom. The van der Waals surface area contributed by atoms with Crippen molar-refractivity contribution in [3.63, 3.8) is 0 Å². The van der Waals surface area contributed by atoms with E-state index in [1.807, 2.05) is 6.07 Å². The van der Waals surface area contributed by atoms with Crippen molar-refractivity contribution in [2.24, 2.45) is 0 Å². The van der Waals surface area contributed by atoms with Crippen LogP contribution in [0.15, 0.2) is 47.4 Å². The number of nitrogens with one attached hydrogen (secondary N) is 1. The van der Waals surface area contributed by atoms with Crippen LogP contribution in [0, 0.1) is 5.82 Å². The van der Waals surface area contributed by atoms with E-state index in [2.05, 4.69) is 5.32 Å². The highest BCUT2D eigenvalue weighted by Crippen LogP contribution is 2.26. The van der Waals surface area contributed by atoms with Crippen molar-refractivity contribution in [2.45, 2.75) is 30.6 Å². The summed E-state index contributed by atoms with van der Waals surface area (Å²) in [5.74, 6) is -1.37. The quantitative estimate of drug-likeness (QED) is 0.741. The second kappa shape index (κ2) is 9.38. The topological polar surface area (TPSA) is 86.8 Å². The molecule has 1 heterocycles. The molecule has 2 aromatic rings. The molecule has 1 aliphatic heterocycles. The highest BCUT2D eigenvalue weighted by Gasteiger charge is 2.30. The summed E-state index contributed by atoms with van der Waals surface area (Å²) in [6.07, 6.45) is 4.11. The predicted octanol–water partition coefficient (Wildman–Crippen LogP) is 1.97. The molecule has 2 amide bonds. The fourth-order valence-corrected chi connectivity index (χ4v) is 5.67. The Labute approximate surface area is 187 Å². The Morgan fingerprint density at radius 2 is 1.66 bits per heavy atom. The SMILES string of the molecule is O=C(NCC(=O)N1CCN(S(=O)(=O)c2ccc3c(c2)CCCC3)CC1)c1cccc(F)c1. The molecule has 2 aliphatic rings. The first-order chi connectivity index (χ1) is 15.3. The lowest BCUT2D eigenvalue weighted by Gasteiger charge is -2.34. The van der Waals surface area contributed by atoms with Gasteiger partial charge in [-0.05, 0) is 67.1 Å². The zero-order chi connectivity index (χ0) is 22.7. The minimum atomic E-state index is -3.62. The first-order valence-electron chi connectivity index (χ1n) is 10.8. The molecule has 0 saturated carbocycles. The standard InChI is InChI=1S/C23H26FN3O4S/c24-20-7-3-6-19(14-20)23(29)25-16-22(28)26-10-12-27(13-11-26)32(30,31)21-9-8-17-4-1-2-5-18(17)15-21/h3,6-9,14-15H,1-2,4-5,10-13,16H2,(H,25,29). The summed E-state index contributed by atoms with van der Waals surface area (Å²) in [6.45, 7) is 0.663. The van der Waals surface area contributed by atoms with Crippen LogP contribution in [-0.2, 0) is 27.7 Å². The average molecular weight is 460 g/mol. The lowest BCUT2D eigenvalue weighted by Crippen LogP contribution is -2.52. The maximum absolute atomic E-state index is 13.2. The third-order valence-corrected chi connectivity index (χ3v) is 7.93. The number of carbonyl (C=O) groups excluding carboxylic acids is 2. The second-order valence-corrected chi connectivity index (χ2v) is 10.1. The minimum Gasteiger partial charge on any atom is -0.343 e. The van der Waals surface area contributed by atoms with E-state index in [9.17, 15) is 22.4 Å². The summed E-state index contributed by atoms with van der Waals surface area (Å²) < 4.78 is 40.8. The molecule has 1 aliphatic carbocycles. The summed E-state index contributed by atoms with van der Waals surface area (Å²) in [6, 6.07) is 10.6. The van der Waals surface area contributed by atoms with Gasteiger partial charge in [-0.2, -0.15) is 4.31 Å². The Balaban J connectivity index is 1.32. The number of piperazine rings is 1.